The lowest BCUT2D eigenvalue weighted by molar-refractivity contribution is 0.703. The smallest absolute Gasteiger partial charge is 0.0540 e. The molecule has 0 saturated heterocycles. The van der Waals surface area contributed by atoms with Gasteiger partial charge in [0.1, 0.15) is 0 Å². The van der Waals surface area contributed by atoms with Crippen LogP contribution in [0, 0.1) is 6.92 Å². The number of nitrogens with zero attached hydrogens (tertiary/aromatic N) is 2. The van der Waals surface area contributed by atoms with Gasteiger partial charge >= 0.3 is 0 Å². The first kappa shape index (κ1) is 12.4. The Morgan fingerprint density at radius 1 is 1.37 bits per heavy atom. The van der Waals surface area contributed by atoms with Gasteiger partial charge < -0.3 is 5.73 Å². The third-order valence-corrected chi connectivity index (χ3v) is 4.69. The summed E-state index contributed by atoms with van der Waals surface area (Å²) in [6, 6.07) is 8.49. The summed E-state index contributed by atoms with van der Waals surface area (Å²) in [4.78, 5) is 0. The first-order chi connectivity index (χ1) is 9.16. The maximum absolute atomic E-state index is 6.34. The number of hydrogen-bond donors (Lipinski definition) is 1. The minimum absolute atomic E-state index is 0.00621. The van der Waals surface area contributed by atoms with Crippen molar-refractivity contribution in [2.45, 2.75) is 19.4 Å². The minimum Gasteiger partial charge on any atom is -0.324 e. The van der Waals surface area contributed by atoms with E-state index in [-0.39, 0.29) is 6.04 Å². The van der Waals surface area contributed by atoms with Crippen LogP contribution in [0.15, 0.2) is 35.8 Å². The molecule has 0 aliphatic heterocycles. The molecule has 0 spiro atoms. The van der Waals surface area contributed by atoms with Crippen LogP contribution in [-0.4, -0.2) is 9.78 Å². The van der Waals surface area contributed by atoms with Gasteiger partial charge in [-0.05, 0) is 35.7 Å². The largest absolute Gasteiger partial charge is 0.324 e. The van der Waals surface area contributed by atoms with E-state index >= 15 is 0 Å². The minimum atomic E-state index is 0.00621. The van der Waals surface area contributed by atoms with E-state index in [1.165, 1.54) is 15.6 Å². The topological polar surface area (TPSA) is 43.8 Å². The van der Waals surface area contributed by atoms with Gasteiger partial charge in [-0.2, -0.15) is 5.10 Å². The lowest BCUT2D eigenvalue weighted by Gasteiger charge is -2.10. The SMILES string of the molecule is Cc1c(C(N)Cc2csc3ccccc23)cnn1C. The van der Waals surface area contributed by atoms with Gasteiger partial charge in [-0.25, -0.2) is 0 Å². The highest BCUT2D eigenvalue weighted by molar-refractivity contribution is 7.17. The van der Waals surface area contributed by atoms with Crippen molar-refractivity contribution in [3.05, 3.63) is 52.7 Å². The molecule has 2 heterocycles. The Bertz CT molecular complexity index is 711. The maximum Gasteiger partial charge on any atom is 0.0540 e. The molecule has 2 N–H and O–H groups in total. The van der Waals surface area contributed by atoms with Crippen LogP contribution in [0.25, 0.3) is 10.1 Å². The lowest BCUT2D eigenvalue weighted by atomic mass is 10.00. The number of benzene rings is 1. The van der Waals surface area contributed by atoms with Crippen molar-refractivity contribution < 1.29 is 0 Å². The summed E-state index contributed by atoms with van der Waals surface area (Å²) in [5, 5.41) is 7.81. The second-order valence-corrected chi connectivity index (χ2v) is 5.79. The van der Waals surface area contributed by atoms with E-state index in [2.05, 4.69) is 41.7 Å². The van der Waals surface area contributed by atoms with E-state index in [0.717, 1.165) is 17.7 Å². The molecule has 1 unspecified atom stereocenters. The van der Waals surface area contributed by atoms with Gasteiger partial charge in [0.15, 0.2) is 0 Å². The van der Waals surface area contributed by atoms with Gasteiger partial charge in [-0.3, -0.25) is 4.68 Å². The van der Waals surface area contributed by atoms with Crippen LogP contribution in [0.4, 0.5) is 0 Å². The number of aromatic nitrogens is 2. The molecule has 0 bridgehead atoms. The number of aryl methyl sites for hydroxylation is 1. The maximum atomic E-state index is 6.34. The van der Waals surface area contributed by atoms with Crippen LogP contribution < -0.4 is 5.73 Å². The highest BCUT2D eigenvalue weighted by Crippen LogP contribution is 2.29. The zero-order chi connectivity index (χ0) is 13.4. The Hall–Kier alpha value is -1.65. The fraction of sp³-hybridized carbons (Fsp3) is 0.267. The van der Waals surface area contributed by atoms with E-state index in [9.17, 15) is 0 Å². The first-order valence-electron chi connectivity index (χ1n) is 6.36. The van der Waals surface area contributed by atoms with E-state index in [1.54, 1.807) is 11.3 Å². The Labute approximate surface area is 116 Å². The predicted molar refractivity (Wildman–Crippen MR) is 80.4 cm³/mol. The average molecular weight is 271 g/mol. The van der Waals surface area contributed by atoms with Gasteiger partial charge in [0.05, 0.1) is 6.20 Å². The fourth-order valence-electron chi connectivity index (χ4n) is 2.42. The van der Waals surface area contributed by atoms with Crippen LogP contribution in [0.2, 0.25) is 0 Å². The van der Waals surface area contributed by atoms with Crippen molar-refractivity contribution >= 4 is 21.4 Å². The third kappa shape index (κ3) is 2.17. The number of rotatable bonds is 3. The molecule has 3 aromatic rings. The predicted octanol–water partition coefficient (Wildman–Crippen LogP) is 3.19. The normalized spacial score (nSPS) is 13.0. The monoisotopic (exact) mass is 271 g/mol. The quantitative estimate of drug-likeness (QED) is 0.795. The molecular weight excluding hydrogens is 254 g/mol. The summed E-state index contributed by atoms with van der Waals surface area (Å²) >= 11 is 1.78. The molecular formula is C15H17N3S. The molecule has 19 heavy (non-hydrogen) atoms. The molecule has 0 saturated carbocycles. The van der Waals surface area contributed by atoms with Crippen LogP contribution >= 0.6 is 11.3 Å². The number of thiophene rings is 1. The van der Waals surface area contributed by atoms with Crippen molar-refractivity contribution in [2.24, 2.45) is 12.8 Å². The summed E-state index contributed by atoms with van der Waals surface area (Å²) in [6.07, 6.45) is 2.74. The number of hydrogen-bond acceptors (Lipinski definition) is 3. The Morgan fingerprint density at radius 2 is 2.16 bits per heavy atom. The van der Waals surface area contributed by atoms with Gasteiger partial charge in [-0.1, -0.05) is 18.2 Å². The zero-order valence-electron chi connectivity index (χ0n) is 11.1. The standard InChI is InChI=1S/C15H17N3S/c1-10-13(8-17-18(10)2)14(16)7-11-9-19-15-6-4-3-5-12(11)15/h3-6,8-9,14H,7,16H2,1-2H3. The molecule has 1 aromatic carbocycles. The molecule has 0 radical (unpaired) electrons. The molecule has 0 fully saturated rings. The van der Waals surface area contributed by atoms with E-state index in [0.29, 0.717) is 0 Å². The molecule has 98 valence electrons. The van der Waals surface area contributed by atoms with Crippen LogP contribution in [0.3, 0.4) is 0 Å². The molecule has 3 nitrogen and oxygen atoms in total. The number of fused-ring (bicyclic) bond motifs is 1. The van der Waals surface area contributed by atoms with E-state index in [1.807, 2.05) is 17.9 Å². The summed E-state index contributed by atoms with van der Waals surface area (Å²) in [7, 11) is 1.95. The molecule has 3 rings (SSSR count). The van der Waals surface area contributed by atoms with Crippen LogP contribution in [-0.2, 0) is 13.5 Å². The Morgan fingerprint density at radius 3 is 2.89 bits per heavy atom. The average Bonchev–Trinajstić information content (AvgIpc) is 2.96. The van der Waals surface area contributed by atoms with E-state index < -0.39 is 0 Å². The van der Waals surface area contributed by atoms with Crippen molar-refractivity contribution in [3.8, 4) is 0 Å². The summed E-state index contributed by atoms with van der Waals surface area (Å²) in [5.74, 6) is 0. The van der Waals surface area contributed by atoms with Crippen LogP contribution in [0.1, 0.15) is 22.9 Å². The molecule has 0 aliphatic rings. The molecule has 1 atom stereocenters. The lowest BCUT2D eigenvalue weighted by Crippen LogP contribution is -2.14. The second kappa shape index (κ2) is 4.79. The second-order valence-electron chi connectivity index (χ2n) is 4.88. The van der Waals surface area contributed by atoms with Crippen molar-refractivity contribution in [3.63, 3.8) is 0 Å². The van der Waals surface area contributed by atoms with Crippen molar-refractivity contribution in [1.29, 1.82) is 0 Å². The van der Waals surface area contributed by atoms with Gasteiger partial charge in [0, 0.05) is 29.0 Å². The first-order valence-corrected chi connectivity index (χ1v) is 7.24. The molecule has 0 aliphatic carbocycles. The van der Waals surface area contributed by atoms with Crippen molar-refractivity contribution in [1.82, 2.24) is 9.78 Å². The van der Waals surface area contributed by atoms with Crippen LogP contribution in [0.5, 0.6) is 0 Å². The van der Waals surface area contributed by atoms with Gasteiger partial charge in [0.25, 0.3) is 0 Å². The number of nitrogens with two attached hydrogens (primary N) is 1. The summed E-state index contributed by atoms with van der Waals surface area (Å²) in [5.41, 5.74) is 9.95. The molecule has 4 heteroatoms. The highest BCUT2D eigenvalue weighted by atomic mass is 32.1. The van der Waals surface area contributed by atoms with E-state index in [4.69, 9.17) is 5.73 Å². The third-order valence-electron chi connectivity index (χ3n) is 3.67. The Kier molecular flexibility index (Phi) is 3.12. The summed E-state index contributed by atoms with van der Waals surface area (Å²) in [6.45, 7) is 2.06. The molecule has 2 aromatic heterocycles. The van der Waals surface area contributed by atoms with Crippen molar-refractivity contribution in [2.75, 3.05) is 0 Å². The summed E-state index contributed by atoms with van der Waals surface area (Å²) < 4.78 is 3.20. The zero-order valence-corrected chi connectivity index (χ0v) is 11.9. The fourth-order valence-corrected chi connectivity index (χ4v) is 3.39. The van der Waals surface area contributed by atoms with Gasteiger partial charge in [-0.15, -0.1) is 11.3 Å². The Balaban J connectivity index is 1.91. The highest BCUT2D eigenvalue weighted by Gasteiger charge is 2.15. The van der Waals surface area contributed by atoms with Gasteiger partial charge in [0.2, 0.25) is 0 Å². The molecule has 0 amide bonds.